The molecule has 1 aliphatic heterocycles. The predicted molar refractivity (Wildman–Crippen MR) is 126 cm³/mol. The number of carbonyl (C=O) groups excluding carboxylic acids is 2. The molecule has 1 aliphatic rings. The second-order valence-corrected chi connectivity index (χ2v) is 7.96. The fraction of sp³-hybridized carbons (Fsp3) is 0.115. The predicted octanol–water partition coefficient (Wildman–Crippen LogP) is 4.59. The number of para-hydroxylation sites is 1. The van der Waals surface area contributed by atoms with Gasteiger partial charge >= 0.3 is 0 Å². The second kappa shape index (κ2) is 8.82. The van der Waals surface area contributed by atoms with Gasteiger partial charge in [-0.3, -0.25) is 14.0 Å². The van der Waals surface area contributed by atoms with Crippen molar-refractivity contribution in [1.29, 1.82) is 0 Å². The Bertz CT molecular complexity index is 1460. The maximum atomic E-state index is 14.5. The summed E-state index contributed by atoms with van der Waals surface area (Å²) >= 11 is 0. The lowest BCUT2D eigenvalue weighted by Gasteiger charge is -2.19. The molecule has 0 atom stereocenters. The molecule has 4 aromatic rings. The third kappa shape index (κ3) is 4.13. The van der Waals surface area contributed by atoms with Crippen LogP contribution in [0, 0.1) is 12.7 Å². The number of benzene rings is 2. The van der Waals surface area contributed by atoms with E-state index in [9.17, 15) is 14.0 Å². The van der Waals surface area contributed by atoms with E-state index in [1.807, 2.05) is 37.3 Å². The van der Waals surface area contributed by atoms with Crippen LogP contribution < -0.4 is 15.4 Å². The Morgan fingerprint density at radius 2 is 1.97 bits per heavy atom. The van der Waals surface area contributed by atoms with Crippen LogP contribution >= 0.6 is 0 Å². The van der Waals surface area contributed by atoms with Crippen LogP contribution in [0.15, 0.2) is 73.2 Å². The lowest BCUT2D eigenvalue weighted by molar-refractivity contribution is 0.0968. The summed E-state index contributed by atoms with van der Waals surface area (Å²) in [6.07, 6.45) is 5.50. The molecule has 170 valence electrons. The van der Waals surface area contributed by atoms with Crippen molar-refractivity contribution in [2.75, 3.05) is 11.9 Å². The van der Waals surface area contributed by atoms with Gasteiger partial charge in [0.25, 0.3) is 11.8 Å². The molecule has 2 aromatic carbocycles. The average Bonchev–Trinajstić information content (AvgIpc) is 3.27. The molecule has 5 rings (SSSR count). The first-order valence-corrected chi connectivity index (χ1v) is 10.8. The molecule has 8 heteroatoms. The van der Waals surface area contributed by atoms with Crippen molar-refractivity contribution >= 4 is 28.7 Å². The standard InChI is InChI=1S/C26H21FN4O3/c1-16-6-9-24-28-14-22(31(24)15-16)26(33)30-21-12-17(7-8-20(21)27)25(32)29-13-18-10-11-34-23-5-3-2-4-19(18)23/h2-9,12-15H,10-11H2,1H3,(H,29,32)(H,30,33)/b18-13+. The van der Waals surface area contributed by atoms with Gasteiger partial charge in [-0.15, -0.1) is 0 Å². The van der Waals surface area contributed by atoms with E-state index in [4.69, 9.17) is 4.74 Å². The molecule has 34 heavy (non-hydrogen) atoms. The molecule has 0 saturated heterocycles. The number of amides is 2. The summed E-state index contributed by atoms with van der Waals surface area (Å²) in [7, 11) is 0. The number of halogens is 1. The third-order valence-corrected chi connectivity index (χ3v) is 5.60. The average molecular weight is 456 g/mol. The van der Waals surface area contributed by atoms with Crippen molar-refractivity contribution in [3.05, 3.63) is 101 Å². The van der Waals surface area contributed by atoms with Crippen LogP contribution in [0.3, 0.4) is 0 Å². The van der Waals surface area contributed by atoms with E-state index in [0.29, 0.717) is 18.7 Å². The molecule has 0 unspecified atom stereocenters. The van der Waals surface area contributed by atoms with Crippen LogP contribution in [0.1, 0.15) is 38.4 Å². The number of aromatic nitrogens is 2. The van der Waals surface area contributed by atoms with Crippen molar-refractivity contribution < 1.29 is 18.7 Å². The smallest absolute Gasteiger partial charge is 0.274 e. The van der Waals surface area contributed by atoms with Gasteiger partial charge in [-0.1, -0.05) is 24.3 Å². The van der Waals surface area contributed by atoms with Gasteiger partial charge in [0.05, 0.1) is 18.5 Å². The third-order valence-electron chi connectivity index (χ3n) is 5.60. The summed E-state index contributed by atoms with van der Waals surface area (Å²) in [4.78, 5) is 29.8. The summed E-state index contributed by atoms with van der Waals surface area (Å²) < 4.78 is 21.7. The quantitative estimate of drug-likeness (QED) is 0.471. The molecule has 3 heterocycles. The first-order chi connectivity index (χ1) is 16.5. The molecule has 0 saturated carbocycles. The molecule has 0 spiro atoms. The van der Waals surface area contributed by atoms with Gasteiger partial charge in [-0.05, 0) is 48.4 Å². The van der Waals surface area contributed by atoms with Crippen molar-refractivity contribution in [2.24, 2.45) is 0 Å². The Labute approximate surface area is 194 Å². The van der Waals surface area contributed by atoms with Crippen LogP contribution in [0.25, 0.3) is 11.2 Å². The van der Waals surface area contributed by atoms with E-state index in [2.05, 4.69) is 15.6 Å². The molecular formula is C26H21FN4O3. The van der Waals surface area contributed by atoms with Crippen molar-refractivity contribution in [1.82, 2.24) is 14.7 Å². The van der Waals surface area contributed by atoms with E-state index in [1.54, 1.807) is 22.9 Å². The fourth-order valence-electron chi connectivity index (χ4n) is 3.85. The zero-order chi connectivity index (χ0) is 23.7. The molecule has 0 fully saturated rings. The zero-order valence-electron chi connectivity index (χ0n) is 18.3. The van der Waals surface area contributed by atoms with E-state index in [0.717, 1.165) is 28.5 Å². The molecular weight excluding hydrogens is 435 g/mol. The topological polar surface area (TPSA) is 84.7 Å². The number of hydrogen-bond acceptors (Lipinski definition) is 4. The minimum absolute atomic E-state index is 0.0932. The zero-order valence-corrected chi connectivity index (χ0v) is 18.3. The molecule has 0 aliphatic carbocycles. The number of nitrogens with zero attached hydrogens (tertiary/aromatic N) is 2. The number of pyridine rings is 1. The van der Waals surface area contributed by atoms with E-state index in [-0.39, 0.29) is 16.9 Å². The first kappa shape index (κ1) is 21.4. The van der Waals surface area contributed by atoms with Crippen molar-refractivity contribution in [3.63, 3.8) is 0 Å². The molecule has 0 bridgehead atoms. The molecule has 7 nitrogen and oxygen atoms in total. The second-order valence-electron chi connectivity index (χ2n) is 7.96. The van der Waals surface area contributed by atoms with E-state index >= 15 is 0 Å². The Morgan fingerprint density at radius 1 is 1.12 bits per heavy atom. The summed E-state index contributed by atoms with van der Waals surface area (Å²) in [5.41, 5.74) is 3.79. The minimum atomic E-state index is -0.647. The maximum Gasteiger partial charge on any atom is 0.274 e. The summed E-state index contributed by atoms with van der Waals surface area (Å²) in [6, 6.07) is 15.1. The van der Waals surface area contributed by atoms with Crippen molar-refractivity contribution in [3.8, 4) is 5.75 Å². The van der Waals surface area contributed by atoms with Gasteiger partial charge in [-0.25, -0.2) is 9.37 Å². The van der Waals surface area contributed by atoms with Crippen LogP contribution in [0.2, 0.25) is 0 Å². The number of ether oxygens (including phenoxy) is 1. The summed E-state index contributed by atoms with van der Waals surface area (Å²) in [5.74, 6) is -0.830. The monoisotopic (exact) mass is 456 g/mol. The molecule has 0 radical (unpaired) electrons. The van der Waals surface area contributed by atoms with Crippen LogP contribution in [0.4, 0.5) is 10.1 Å². The Balaban J connectivity index is 1.35. The highest BCUT2D eigenvalue weighted by molar-refractivity contribution is 6.04. The Morgan fingerprint density at radius 3 is 2.85 bits per heavy atom. The van der Waals surface area contributed by atoms with Gasteiger partial charge in [0.1, 0.15) is 22.9 Å². The molecule has 2 amide bonds. The van der Waals surface area contributed by atoms with Gasteiger partial charge in [0.15, 0.2) is 0 Å². The number of anilines is 1. The number of hydrogen-bond donors (Lipinski definition) is 2. The van der Waals surface area contributed by atoms with Gasteiger partial charge in [-0.2, -0.15) is 0 Å². The SMILES string of the molecule is Cc1ccc2ncc(C(=O)Nc3cc(C(=O)N/C=C4\CCOc5ccccc54)ccc3F)n2c1. The molecule has 2 aromatic heterocycles. The fourth-order valence-corrected chi connectivity index (χ4v) is 3.85. The summed E-state index contributed by atoms with van der Waals surface area (Å²) in [6.45, 7) is 2.42. The largest absolute Gasteiger partial charge is 0.493 e. The Kier molecular flexibility index (Phi) is 5.55. The lowest BCUT2D eigenvalue weighted by atomic mass is 10.0. The van der Waals surface area contributed by atoms with Crippen LogP contribution in [-0.4, -0.2) is 27.8 Å². The number of fused-ring (bicyclic) bond motifs is 2. The number of aryl methyl sites for hydroxylation is 1. The van der Waals surface area contributed by atoms with E-state index < -0.39 is 17.6 Å². The highest BCUT2D eigenvalue weighted by Crippen LogP contribution is 2.32. The molecule has 2 N–H and O–H groups in total. The highest BCUT2D eigenvalue weighted by Gasteiger charge is 2.17. The maximum absolute atomic E-state index is 14.5. The number of rotatable bonds is 4. The first-order valence-electron chi connectivity index (χ1n) is 10.8. The normalized spacial score (nSPS) is 13.9. The Hall–Kier alpha value is -4.46. The van der Waals surface area contributed by atoms with E-state index in [1.165, 1.54) is 18.3 Å². The van der Waals surface area contributed by atoms with Gasteiger partial charge < -0.3 is 15.4 Å². The lowest BCUT2D eigenvalue weighted by Crippen LogP contribution is -2.20. The van der Waals surface area contributed by atoms with Crippen LogP contribution in [-0.2, 0) is 0 Å². The highest BCUT2D eigenvalue weighted by atomic mass is 19.1. The van der Waals surface area contributed by atoms with Crippen molar-refractivity contribution in [2.45, 2.75) is 13.3 Å². The van der Waals surface area contributed by atoms with Gasteiger partial charge in [0.2, 0.25) is 0 Å². The number of nitrogens with one attached hydrogen (secondary N) is 2. The van der Waals surface area contributed by atoms with Crippen LogP contribution in [0.5, 0.6) is 5.75 Å². The number of imidazole rings is 1. The number of carbonyl (C=O) groups is 2. The summed E-state index contributed by atoms with van der Waals surface area (Å²) in [5, 5.41) is 5.31. The minimum Gasteiger partial charge on any atom is -0.493 e. The van der Waals surface area contributed by atoms with Gasteiger partial charge in [0, 0.05) is 29.9 Å².